The van der Waals surface area contributed by atoms with E-state index in [0.717, 1.165) is 44.7 Å². The Labute approximate surface area is 155 Å². The molecule has 4 rings (SSSR count). The van der Waals surface area contributed by atoms with Gasteiger partial charge in [-0.25, -0.2) is 8.42 Å². The highest BCUT2D eigenvalue weighted by atomic mass is 32.2. The maximum atomic E-state index is 12.7. The average molecular weight is 372 g/mol. The van der Waals surface area contributed by atoms with E-state index >= 15 is 0 Å². The molecule has 0 aromatic heterocycles. The van der Waals surface area contributed by atoms with Crippen molar-refractivity contribution in [3.05, 3.63) is 53.6 Å². The maximum Gasteiger partial charge on any atom is 0.261 e. The molecule has 138 valence electrons. The van der Waals surface area contributed by atoms with Crippen molar-refractivity contribution in [2.45, 2.75) is 30.6 Å². The smallest absolute Gasteiger partial charge is 0.261 e. The number of piperazine rings is 1. The Hall–Kier alpha value is -2.05. The molecule has 0 spiro atoms. The Morgan fingerprint density at radius 3 is 2.31 bits per heavy atom. The van der Waals surface area contributed by atoms with Gasteiger partial charge < -0.3 is 10.2 Å². The number of sulfonamides is 1. The van der Waals surface area contributed by atoms with Crippen LogP contribution in [0.15, 0.2) is 47.4 Å². The highest BCUT2D eigenvalue weighted by Crippen LogP contribution is 2.26. The van der Waals surface area contributed by atoms with Crippen LogP contribution in [0.3, 0.4) is 0 Å². The quantitative estimate of drug-likeness (QED) is 0.868. The molecule has 0 saturated carbocycles. The van der Waals surface area contributed by atoms with Gasteiger partial charge in [-0.2, -0.15) is 0 Å². The van der Waals surface area contributed by atoms with E-state index in [1.54, 1.807) is 12.1 Å². The Kier molecular flexibility index (Phi) is 4.87. The van der Waals surface area contributed by atoms with Crippen molar-refractivity contribution in [1.29, 1.82) is 0 Å². The summed E-state index contributed by atoms with van der Waals surface area (Å²) < 4.78 is 28.2. The highest BCUT2D eigenvalue weighted by Gasteiger charge is 2.17. The number of nitrogens with zero attached hydrogens (tertiary/aromatic N) is 1. The van der Waals surface area contributed by atoms with Gasteiger partial charge in [0.25, 0.3) is 10.0 Å². The second kappa shape index (κ2) is 7.29. The summed E-state index contributed by atoms with van der Waals surface area (Å²) in [7, 11) is -3.57. The molecule has 1 aliphatic carbocycles. The maximum absolute atomic E-state index is 12.7. The number of fused-ring (bicyclic) bond motifs is 1. The highest BCUT2D eigenvalue weighted by molar-refractivity contribution is 7.92. The topological polar surface area (TPSA) is 61.4 Å². The molecule has 1 heterocycles. The second-order valence-corrected chi connectivity index (χ2v) is 8.71. The van der Waals surface area contributed by atoms with E-state index in [1.807, 2.05) is 24.3 Å². The molecule has 2 aliphatic rings. The van der Waals surface area contributed by atoms with Gasteiger partial charge in [-0.1, -0.05) is 6.07 Å². The van der Waals surface area contributed by atoms with Gasteiger partial charge in [-0.05, 0) is 73.2 Å². The Morgan fingerprint density at radius 1 is 0.885 bits per heavy atom. The molecule has 6 heteroatoms. The summed E-state index contributed by atoms with van der Waals surface area (Å²) in [4.78, 5) is 2.57. The van der Waals surface area contributed by atoms with Crippen LogP contribution < -0.4 is 14.9 Å². The molecule has 0 amide bonds. The predicted molar refractivity (Wildman–Crippen MR) is 105 cm³/mol. The van der Waals surface area contributed by atoms with E-state index in [4.69, 9.17) is 0 Å². The minimum atomic E-state index is -3.57. The van der Waals surface area contributed by atoms with Crippen LogP contribution in [0.2, 0.25) is 0 Å². The van der Waals surface area contributed by atoms with E-state index in [0.29, 0.717) is 10.6 Å². The summed E-state index contributed by atoms with van der Waals surface area (Å²) in [6.07, 6.45) is 4.52. The lowest BCUT2D eigenvalue weighted by Gasteiger charge is -2.29. The normalized spacial score (nSPS) is 17.6. The van der Waals surface area contributed by atoms with Crippen LogP contribution >= 0.6 is 0 Å². The number of hydrogen-bond acceptors (Lipinski definition) is 4. The fraction of sp³-hybridized carbons (Fsp3) is 0.400. The molecule has 0 radical (unpaired) electrons. The molecule has 0 bridgehead atoms. The van der Waals surface area contributed by atoms with Crippen LogP contribution in [0.5, 0.6) is 0 Å². The molecular weight excluding hydrogens is 346 g/mol. The van der Waals surface area contributed by atoms with Gasteiger partial charge in [-0.15, -0.1) is 0 Å². The summed E-state index contributed by atoms with van der Waals surface area (Å²) in [5.74, 6) is 0. The minimum absolute atomic E-state index is 0.300. The number of nitrogens with one attached hydrogen (secondary N) is 2. The third-order valence-electron chi connectivity index (χ3n) is 5.23. The molecule has 5 nitrogen and oxygen atoms in total. The lowest BCUT2D eigenvalue weighted by Crippen LogP contribution is -2.43. The zero-order chi connectivity index (χ0) is 18.0. The van der Waals surface area contributed by atoms with Gasteiger partial charge in [0.2, 0.25) is 0 Å². The Balaban J connectivity index is 1.51. The Bertz CT molecular complexity index is 872. The summed E-state index contributed by atoms with van der Waals surface area (Å²) in [6, 6.07) is 13.1. The molecule has 2 aromatic carbocycles. The molecule has 0 atom stereocenters. The third-order valence-corrected chi connectivity index (χ3v) is 6.63. The predicted octanol–water partition coefficient (Wildman–Crippen LogP) is 2.78. The zero-order valence-corrected chi connectivity index (χ0v) is 15.7. The van der Waals surface area contributed by atoms with Crippen LogP contribution in [-0.4, -0.2) is 34.6 Å². The lowest BCUT2D eigenvalue weighted by atomic mass is 9.91. The molecule has 26 heavy (non-hydrogen) atoms. The monoisotopic (exact) mass is 371 g/mol. The number of benzene rings is 2. The molecule has 1 saturated heterocycles. The van der Waals surface area contributed by atoms with E-state index < -0.39 is 10.0 Å². The second-order valence-electron chi connectivity index (χ2n) is 7.03. The largest absolute Gasteiger partial charge is 0.369 e. The van der Waals surface area contributed by atoms with Crippen LogP contribution in [0.1, 0.15) is 24.0 Å². The van der Waals surface area contributed by atoms with Crippen molar-refractivity contribution in [2.24, 2.45) is 0 Å². The first kappa shape index (κ1) is 17.4. The number of hydrogen-bond donors (Lipinski definition) is 2. The van der Waals surface area contributed by atoms with Crippen LogP contribution in [-0.2, 0) is 22.9 Å². The third kappa shape index (κ3) is 3.71. The van der Waals surface area contributed by atoms with Crippen LogP contribution in [0, 0.1) is 0 Å². The molecule has 0 unspecified atom stereocenters. The summed E-state index contributed by atoms with van der Waals surface area (Å²) in [5.41, 5.74) is 4.33. The van der Waals surface area contributed by atoms with Gasteiger partial charge in [-0.3, -0.25) is 4.72 Å². The van der Waals surface area contributed by atoms with E-state index in [1.165, 1.54) is 24.0 Å². The first-order chi connectivity index (χ1) is 12.6. The summed E-state index contributed by atoms with van der Waals surface area (Å²) in [6.45, 7) is 3.80. The standard InChI is InChI=1S/C20H25N3O2S/c24-26(25,22-18-6-5-16-3-1-2-4-17(16)15-18)20-9-7-19(8-10-20)23-13-11-21-12-14-23/h5-10,15,21-22H,1-4,11-14H2. The first-order valence-electron chi connectivity index (χ1n) is 9.32. The first-order valence-corrected chi connectivity index (χ1v) is 10.8. The van der Waals surface area contributed by atoms with Crippen molar-refractivity contribution in [3.63, 3.8) is 0 Å². The fourth-order valence-electron chi connectivity index (χ4n) is 3.77. The zero-order valence-electron chi connectivity index (χ0n) is 14.9. The van der Waals surface area contributed by atoms with Gasteiger partial charge >= 0.3 is 0 Å². The van der Waals surface area contributed by atoms with Gasteiger partial charge in [0, 0.05) is 37.6 Å². The molecule has 1 fully saturated rings. The van der Waals surface area contributed by atoms with Crippen molar-refractivity contribution in [1.82, 2.24) is 5.32 Å². The van der Waals surface area contributed by atoms with Crippen molar-refractivity contribution in [3.8, 4) is 0 Å². The Morgan fingerprint density at radius 2 is 1.58 bits per heavy atom. The van der Waals surface area contributed by atoms with Crippen LogP contribution in [0.25, 0.3) is 0 Å². The number of rotatable bonds is 4. The van der Waals surface area contributed by atoms with Gasteiger partial charge in [0.1, 0.15) is 0 Å². The molecule has 2 aromatic rings. The SMILES string of the molecule is O=S(=O)(Nc1ccc2c(c1)CCCC2)c1ccc(N2CCNCC2)cc1. The van der Waals surface area contributed by atoms with Crippen molar-refractivity contribution in [2.75, 3.05) is 35.8 Å². The lowest BCUT2D eigenvalue weighted by molar-refractivity contribution is 0.589. The van der Waals surface area contributed by atoms with Gasteiger partial charge in [0.15, 0.2) is 0 Å². The van der Waals surface area contributed by atoms with Crippen molar-refractivity contribution < 1.29 is 8.42 Å². The molecule has 2 N–H and O–H groups in total. The molecular formula is C20H25N3O2S. The number of aryl methyl sites for hydroxylation is 2. The van der Waals surface area contributed by atoms with Gasteiger partial charge in [0.05, 0.1) is 4.90 Å². The molecule has 1 aliphatic heterocycles. The average Bonchev–Trinajstić information content (AvgIpc) is 2.68. The van der Waals surface area contributed by atoms with E-state index in [2.05, 4.69) is 21.0 Å². The van der Waals surface area contributed by atoms with Crippen molar-refractivity contribution >= 4 is 21.4 Å². The minimum Gasteiger partial charge on any atom is -0.369 e. The van der Waals surface area contributed by atoms with E-state index in [9.17, 15) is 8.42 Å². The number of anilines is 2. The van der Waals surface area contributed by atoms with E-state index in [-0.39, 0.29) is 0 Å². The van der Waals surface area contributed by atoms with Crippen LogP contribution in [0.4, 0.5) is 11.4 Å². The fourth-order valence-corrected chi connectivity index (χ4v) is 4.82. The summed E-state index contributed by atoms with van der Waals surface area (Å²) >= 11 is 0. The summed E-state index contributed by atoms with van der Waals surface area (Å²) in [5, 5.41) is 3.32.